The van der Waals surface area contributed by atoms with Gasteiger partial charge in [0.05, 0.1) is 11.7 Å². The van der Waals surface area contributed by atoms with E-state index in [1.165, 1.54) is 0 Å². The number of carbonyl (C=O) groups excluding carboxylic acids is 1. The predicted molar refractivity (Wildman–Crippen MR) is 87.9 cm³/mol. The van der Waals surface area contributed by atoms with E-state index in [-0.39, 0.29) is 42.7 Å². The Morgan fingerprint density at radius 2 is 2.10 bits per heavy atom. The number of halogens is 2. The van der Waals surface area contributed by atoms with Gasteiger partial charge in [0, 0.05) is 12.1 Å². The lowest BCUT2D eigenvalue weighted by Gasteiger charge is -2.23. The van der Waals surface area contributed by atoms with Crippen molar-refractivity contribution in [2.45, 2.75) is 32.2 Å². The number of nitrogens with zero attached hydrogens (tertiary/aromatic N) is 1. The fourth-order valence-electron chi connectivity index (χ4n) is 3.22. The zero-order chi connectivity index (χ0) is 13.3. The van der Waals surface area contributed by atoms with E-state index in [1.54, 1.807) is 6.20 Å². The Morgan fingerprint density at radius 1 is 1.38 bits per heavy atom. The number of pyridine rings is 1. The van der Waals surface area contributed by atoms with Gasteiger partial charge in [-0.1, -0.05) is 6.07 Å². The number of aromatic nitrogens is 1. The number of piperidine rings is 1. The molecule has 4 nitrogen and oxygen atoms in total. The highest BCUT2D eigenvalue weighted by Crippen LogP contribution is 2.58. The molecule has 1 spiro atoms. The molecule has 0 radical (unpaired) electrons. The average molecular weight is 332 g/mol. The minimum absolute atomic E-state index is 0. The fraction of sp³-hybridized carbons (Fsp3) is 0.600. The van der Waals surface area contributed by atoms with Crippen LogP contribution in [0.2, 0.25) is 0 Å². The van der Waals surface area contributed by atoms with Gasteiger partial charge in [0.15, 0.2) is 0 Å². The van der Waals surface area contributed by atoms with Gasteiger partial charge in [0.2, 0.25) is 5.91 Å². The number of hydrogen-bond donors (Lipinski definition) is 2. The topological polar surface area (TPSA) is 54.0 Å². The fourth-order valence-corrected chi connectivity index (χ4v) is 3.22. The first-order valence-corrected chi connectivity index (χ1v) is 7.13. The van der Waals surface area contributed by atoms with Crippen LogP contribution in [0.3, 0.4) is 0 Å². The van der Waals surface area contributed by atoms with Crippen LogP contribution in [0, 0.1) is 11.3 Å². The third kappa shape index (κ3) is 3.87. The SMILES string of the molecule is CC(NC(=O)C1CC12CCNCC2)c1ccccn1.Cl.Cl. The Labute approximate surface area is 138 Å². The van der Waals surface area contributed by atoms with Gasteiger partial charge in [-0.05, 0) is 56.8 Å². The Balaban J connectivity index is 0.00000110. The van der Waals surface area contributed by atoms with Crippen LogP contribution in [0.25, 0.3) is 0 Å². The van der Waals surface area contributed by atoms with Gasteiger partial charge < -0.3 is 10.6 Å². The second-order valence-corrected chi connectivity index (χ2v) is 5.85. The summed E-state index contributed by atoms with van der Waals surface area (Å²) < 4.78 is 0. The van der Waals surface area contributed by atoms with Gasteiger partial charge in [0.1, 0.15) is 0 Å². The molecule has 0 aromatic carbocycles. The molecule has 2 fully saturated rings. The predicted octanol–water partition coefficient (Wildman–Crippen LogP) is 2.49. The Kier molecular flexibility index (Phi) is 6.44. The Hall–Kier alpha value is -0.840. The summed E-state index contributed by atoms with van der Waals surface area (Å²) >= 11 is 0. The third-order valence-electron chi connectivity index (χ3n) is 4.60. The van der Waals surface area contributed by atoms with Crippen molar-refractivity contribution >= 4 is 30.7 Å². The summed E-state index contributed by atoms with van der Waals surface area (Å²) in [4.78, 5) is 16.6. The zero-order valence-electron chi connectivity index (χ0n) is 12.2. The number of carbonyl (C=O) groups is 1. The molecule has 118 valence electrons. The molecule has 21 heavy (non-hydrogen) atoms. The summed E-state index contributed by atoms with van der Waals surface area (Å²) in [5.41, 5.74) is 1.23. The van der Waals surface area contributed by atoms with Crippen molar-refractivity contribution in [1.29, 1.82) is 0 Å². The van der Waals surface area contributed by atoms with Gasteiger partial charge in [-0.25, -0.2) is 0 Å². The number of nitrogens with one attached hydrogen (secondary N) is 2. The molecule has 2 heterocycles. The van der Waals surface area contributed by atoms with E-state index in [4.69, 9.17) is 0 Å². The quantitative estimate of drug-likeness (QED) is 0.894. The zero-order valence-corrected chi connectivity index (χ0v) is 13.8. The highest BCUT2D eigenvalue weighted by Gasteiger charge is 2.57. The second-order valence-electron chi connectivity index (χ2n) is 5.85. The maximum atomic E-state index is 12.3. The summed E-state index contributed by atoms with van der Waals surface area (Å²) in [7, 11) is 0. The lowest BCUT2D eigenvalue weighted by Crippen LogP contribution is -2.34. The van der Waals surface area contributed by atoms with Crippen LogP contribution in [0.4, 0.5) is 0 Å². The molecular formula is C15H23Cl2N3O. The lowest BCUT2D eigenvalue weighted by atomic mass is 9.91. The van der Waals surface area contributed by atoms with E-state index in [1.807, 2.05) is 25.1 Å². The van der Waals surface area contributed by atoms with E-state index >= 15 is 0 Å². The molecule has 1 aromatic heterocycles. The van der Waals surface area contributed by atoms with Crippen molar-refractivity contribution in [3.63, 3.8) is 0 Å². The molecule has 2 aliphatic rings. The van der Waals surface area contributed by atoms with E-state index in [0.29, 0.717) is 5.41 Å². The first-order valence-electron chi connectivity index (χ1n) is 7.13. The Bertz CT molecular complexity index is 463. The van der Waals surface area contributed by atoms with Crippen molar-refractivity contribution < 1.29 is 4.79 Å². The normalized spacial score (nSPS) is 23.4. The van der Waals surface area contributed by atoms with E-state index in [9.17, 15) is 4.79 Å². The van der Waals surface area contributed by atoms with Crippen LogP contribution >= 0.6 is 24.8 Å². The maximum absolute atomic E-state index is 12.3. The van der Waals surface area contributed by atoms with E-state index in [2.05, 4.69) is 15.6 Å². The summed E-state index contributed by atoms with van der Waals surface area (Å²) in [6.45, 7) is 4.11. The van der Waals surface area contributed by atoms with Gasteiger partial charge in [-0.15, -0.1) is 24.8 Å². The molecule has 1 saturated carbocycles. The molecule has 2 atom stereocenters. The van der Waals surface area contributed by atoms with Gasteiger partial charge >= 0.3 is 0 Å². The summed E-state index contributed by atoms with van der Waals surface area (Å²) in [6.07, 6.45) is 5.12. The van der Waals surface area contributed by atoms with Crippen LogP contribution in [0.15, 0.2) is 24.4 Å². The first kappa shape index (κ1) is 18.2. The lowest BCUT2D eigenvalue weighted by molar-refractivity contribution is -0.124. The van der Waals surface area contributed by atoms with Crippen LogP contribution in [-0.4, -0.2) is 24.0 Å². The molecule has 1 aromatic rings. The molecule has 1 amide bonds. The number of hydrogen-bond acceptors (Lipinski definition) is 3. The molecule has 3 rings (SSSR count). The smallest absolute Gasteiger partial charge is 0.224 e. The van der Waals surface area contributed by atoms with Crippen molar-refractivity contribution in [2.75, 3.05) is 13.1 Å². The minimum Gasteiger partial charge on any atom is -0.348 e. The number of rotatable bonds is 3. The maximum Gasteiger partial charge on any atom is 0.224 e. The second kappa shape index (κ2) is 7.43. The van der Waals surface area contributed by atoms with Crippen LogP contribution in [0.1, 0.15) is 37.9 Å². The average Bonchev–Trinajstić information content (AvgIpc) is 3.14. The van der Waals surface area contributed by atoms with Gasteiger partial charge in [-0.3, -0.25) is 9.78 Å². The standard InChI is InChI=1S/C15H21N3O.2ClH/c1-11(13-4-2-3-7-17-13)18-14(19)12-10-15(12)5-8-16-9-6-15;;/h2-4,7,11-12,16H,5-6,8-10H2,1H3,(H,18,19);2*1H. The summed E-state index contributed by atoms with van der Waals surface area (Å²) in [5.74, 6) is 0.431. The molecule has 2 N–H and O–H groups in total. The molecule has 2 unspecified atom stereocenters. The van der Waals surface area contributed by atoms with E-state index < -0.39 is 0 Å². The van der Waals surface area contributed by atoms with Crippen molar-refractivity contribution in [2.24, 2.45) is 11.3 Å². The molecule has 1 aliphatic heterocycles. The monoisotopic (exact) mass is 331 g/mol. The van der Waals surface area contributed by atoms with Gasteiger partial charge in [0.25, 0.3) is 0 Å². The van der Waals surface area contributed by atoms with Crippen molar-refractivity contribution in [1.82, 2.24) is 15.6 Å². The Morgan fingerprint density at radius 3 is 2.71 bits per heavy atom. The molecular weight excluding hydrogens is 309 g/mol. The van der Waals surface area contributed by atoms with E-state index in [0.717, 1.165) is 38.0 Å². The molecule has 6 heteroatoms. The van der Waals surface area contributed by atoms with Crippen LogP contribution in [0.5, 0.6) is 0 Å². The number of amides is 1. The molecule has 1 aliphatic carbocycles. The largest absolute Gasteiger partial charge is 0.348 e. The van der Waals surface area contributed by atoms with Crippen LogP contribution in [-0.2, 0) is 4.79 Å². The highest BCUT2D eigenvalue weighted by atomic mass is 35.5. The van der Waals surface area contributed by atoms with Crippen molar-refractivity contribution in [3.8, 4) is 0 Å². The minimum atomic E-state index is -0.00642. The highest BCUT2D eigenvalue weighted by molar-refractivity contribution is 5.85. The first-order chi connectivity index (χ1) is 9.21. The van der Waals surface area contributed by atoms with Gasteiger partial charge in [-0.2, -0.15) is 0 Å². The summed E-state index contributed by atoms with van der Waals surface area (Å²) in [6, 6.07) is 5.80. The summed E-state index contributed by atoms with van der Waals surface area (Å²) in [5, 5.41) is 6.47. The molecule has 1 saturated heterocycles. The third-order valence-corrected chi connectivity index (χ3v) is 4.60. The van der Waals surface area contributed by atoms with Crippen molar-refractivity contribution in [3.05, 3.63) is 30.1 Å². The molecule has 0 bridgehead atoms. The van der Waals surface area contributed by atoms with Crippen LogP contribution < -0.4 is 10.6 Å².